The molecule has 0 aromatic heterocycles. The van der Waals surface area contributed by atoms with Gasteiger partial charge >= 0.3 is 0 Å². The van der Waals surface area contributed by atoms with Crippen molar-refractivity contribution in [2.45, 2.75) is 38.7 Å². The molecule has 24 heavy (non-hydrogen) atoms. The summed E-state index contributed by atoms with van der Waals surface area (Å²) in [6, 6.07) is 4.41. The smallest absolute Gasteiger partial charge is 0.222 e. The summed E-state index contributed by atoms with van der Waals surface area (Å²) in [6.07, 6.45) is 4.08. The third-order valence-electron chi connectivity index (χ3n) is 3.59. The van der Waals surface area contributed by atoms with E-state index in [4.69, 9.17) is 33.4 Å². The fraction of sp³-hybridized carbons (Fsp3) is 0.588. The van der Waals surface area contributed by atoms with Crippen LogP contribution in [0.2, 0.25) is 10.0 Å². The molecule has 2 aliphatic heterocycles. The van der Waals surface area contributed by atoms with E-state index in [0.717, 1.165) is 39.0 Å². The van der Waals surface area contributed by atoms with Gasteiger partial charge in [-0.25, -0.2) is 0 Å². The van der Waals surface area contributed by atoms with Gasteiger partial charge in [0.15, 0.2) is 0 Å². The topological polar surface area (TPSA) is 72.8 Å². The van der Waals surface area contributed by atoms with Crippen LogP contribution in [-0.4, -0.2) is 53.3 Å². The number of aliphatic hydroxyl groups is 1. The van der Waals surface area contributed by atoms with Crippen LogP contribution in [0.25, 0.3) is 0 Å². The minimum absolute atomic E-state index is 0.0463. The van der Waals surface area contributed by atoms with Gasteiger partial charge in [0, 0.05) is 32.6 Å². The highest BCUT2D eigenvalue weighted by molar-refractivity contribution is 6.42. The summed E-state index contributed by atoms with van der Waals surface area (Å²) < 4.78 is 0. The molecule has 5 nitrogen and oxygen atoms in total. The normalized spacial score (nSPS) is 16.4. The number of phenols is 1. The largest absolute Gasteiger partial charge is 0.508 e. The molecule has 136 valence electrons. The molecule has 0 aliphatic carbocycles. The zero-order valence-corrected chi connectivity index (χ0v) is 15.5. The summed E-state index contributed by atoms with van der Waals surface area (Å²) in [7, 11) is 0. The van der Waals surface area contributed by atoms with Crippen LogP contribution in [0, 0.1) is 0 Å². The van der Waals surface area contributed by atoms with Crippen molar-refractivity contribution >= 4 is 29.1 Å². The fourth-order valence-electron chi connectivity index (χ4n) is 2.10. The Balaban J connectivity index is 0.000000189. The van der Waals surface area contributed by atoms with Crippen LogP contribution in [0.5, 0.6) is 5.75 Å². The predicted molar refractivity (Wildman–Crippen MR) is 97.7 cm³/mol. The number of rotatable bonds is 2. The number of carbonyl (C=O) groups is 1. The third kappa shape index (κ3) is 8.20. The average Bonchev–Trinajstić information content (AvgIpc) is 3.05. The first-order chi connectivity index (χ1) is 11.4. The molecule has 1 aromatic rings. The SMILES string of the molecule is CCCC(=O)N1CCCC1.OC1CNC1.Oc1ccc(Cl)c(Cl)c1. The number of aliphatic hydroxyl groups excluding tert-OH is 1. The van der Waals surface area contributed by atoms with Gasteiger partial charge in [-0.15, -0.1) is 0 Å². The van der Waals surface area contributed by atoms with E-state index in [9.17, 15) is 4.79 Å². The van der Waals surface area contributed by atoms with E-state index >= 15 is 0 Å². The van der Waals surface area contributed by atoms with Crippen LogP contribution in [-0.2, 0) is 4.79 Å². The van der Waals surface area contributed by atoms with Crippen LogP contribution in [0.4, 0.5) is 0 Å². The summed E-state index contributed by atoms with van der Waals surface area (Å²) in [5.41, 5.74) is 0. The number of β-amino-alcohol motifs (C(OH)–C–C–N with tert-alkyl or cyclic N) is 1. The molecule has 2 fully saturated rings. The molecule has 0 spiro atoms. The van der Waals surface area contributed by atoms with Crippen molar-refractivity contribution in [3.8, 4) is 5.75 Å². The van der Waals surface area contributed by atoms with E-state index < -0.39 is 0 Å². The summed E-state index contributed by atoms with van der Waals surface area (Å²) >= 11 is 11.1. The number of hydrogen-bond donors (Lipinski definition) is 3. The van der Waals surface area contributed by atoms with E-state index in [1.54, 1.807) is 6.07 Å². The zero-order chi connectivity index (χ0) is 17.9. The number of likely N-dealkylation sites (tertiary alicyclic amines) is 1. The lowest BCUT2D eigenvalue weighted by atomic mass is 10.2. The number of amides is 1. The highest BCUT2D eigenvalue weighted by Crippen LogP contribution is 2.25. The molecular formula is C17H26Cl2N2O3. The number of halogens is 2. The summed E-state index contributed by atoms with van der Waals surface area (Å²) in [5.74, 6) is 0.476. The van der Waals surface area contributed by atoms with E-state index in [-0.39, 0.29) is 11.9 Å². The molecule has 7 heteroatoms. The number of hydrogen-bond acceptors (Lipinski definition) is 4. The molecule has 0 bridgehead atoms. The Morgan fingerprint density at radius 1 is 1.25 bits per heavy atom. The number of benzene rings is 1. The van der Waals surface area contributed by atoms with Crippen molar-refractivity contribution in [1.29, 1.82) is 0 Å². The van der Waals surface area contributed by atoms with Gasteiger partial charge in [-0.05, 0) is 37.5 Å². The molecule has 0 atom stereocenters. The fourth-order valence-corrected chi connectivity index (χ4v) is 2.39. The Morgan fingerprint density at radius 3 is 2.21 bits per heavy atom. The third-order valence-corrected chi connectivity index (χ3v) is 4.32. The molecule has 0 radical (unpaired) electrons. The molecule has 3 N–H and O–H groups in total. The van der Waals surface area contributed by atoms with Crippen molar-refractivity contribution in [1.82, 2.24) is 10.2 Å². The van der Waals surface area contributed by atoms with E-state index in [1.165, 1.54) is 25.0 Å². The molecule has 2 heterocycles. The lowest BCUT2D eigenvalue weighted by Crippen LogP contribution is -2.46. The van der Waals surface area contributed by atoms with Gasteiger partial charge in [0.2, 0.25) is 5.91 Å². The lowest BCUT2D eigenvalue weighted by Gasteiger charge is -2.20. The van der Waals surface area contributed by atoms with Crippen LogP contribution < -0.4 is 5.32 Å². The minimum atomic E-state index is -0.0463. The number of nitrogens with one attached hydrogen (secondary N) is 1. The Bertz CT molecular complexity index is 505. The molecule has 0 saturated carbocycles. The van der Waals surface area contributed by atoms with Gasteiger partial charge < -0.3 is 20.4 Å². The molecular weight excluding hydrogens is 351 g/mol. The highest BCUT2D eigenvalue weighted by atomic mass is 35.5. The average molecular weight is 377 g/mol. The second-order valence-electron chi connectivity index (χ2n) is 5.75. The van der Waals surface area contributed by atoms with E-state index in [0.29, 0.717) is 16.0 Å². The van der Waals surface area contributed by atoms with Crippen molar-refractivity contribution in [3.63, 3.8) is 0 Å². The maximum absolute atomic E-state index is 11.2. The predicted octanol–water partition coefficient (Wildman–Crippen LogP) is 3.06. The molecule has 1 amide bonds. The summed E-state index contributed by atoms with van der Waals surface area (Å²) in [5, 5.41) is 20.9. The standard InChI is InChI=1S/C8H15NO.C6H4Cl2O.C3H7NO/c1-2-5-8(10)9-6-3-4-7-9;7-5-2-1-4(9)3-6(5)8;5-3-1-4-2-3/h2-7H2,1H3;1-3,9H;3-5H,1-2H2. The van der Waals surface area contributed by atoms with Gasteiger partial charge in [0.1, 0.15) is 5.75 Å². The van der Waals surface area contributed by atoms with Crippen LogP contribution in [0.1, 0.15) is 32.6 Å². The molecule has 2 saturated heterocycles. The first-order valence-electron chi connectivity index (χ1n) is 8.24. The van der Waals surface area contributed by atoms with E-state index in [1.807, 2.05) is 11.8 Å². The van der Waals surface area contributed by atoms with Gasteiger partial charge in [0.25, 0.3) is 0 Å². The first kappa shape index (κ1) is 21.0. The Kier molecular flexibility index (Phi) is 10.1. The van der Waals surface area contributed by atoms with Crippen LogP contribution in [0.3, 0.4) is 0 Å². The second-order valence-corrected chi connectivity index (χ2v) is 6.56. The summed E-state index contributed by atoms with van der Waals surface area (Å²) in [6.45, 7) is 5.63. The van der Waals surface area contributed by atoms with Gasteiger partial charge in [-0.1, -0.05) is 30.1 Å². The number of nitrogens with zero attached hydrogens (tertiary/aromatic N) is 1. The minimum Gasteiger partial charge on any atom is -0.508 e. The van der Waals surface area contributed by atoms with Crippen molar-refractivity contribution in [2.24, 2.45) is 0 Å². The van der Waals surface area contributed by atoms with Gasteiger partial charge in [-0.2, -0.15) is 0 Å². The molecule has 2 aliphatic rings. The van der Waals surface area contributed by atoms with Gasteiger partial charge in [-0.3, -0.25) is 4.79 Å². The zero-order valence-electron chi connectivity index (χ0n) is 14.0. The van der Waals surface area contributed by atoms with Crippen LogP contribution in [0.15, 0.2) is 18.2 Å². The van der Waals surface area contributed by atoms with Gasteiger partial charge in [0.05, 0.1) is 16.1 Å². The lowest BCUT2D eigenvalue weighted by molar-refractivity contribution is -0.130. The van der Waals surface area contributed by atoms with Crippen molar-refractivity contribution in [2.75, 3.05) is 26.2 Å². The quantitative estimate of drug-likeness (QED) is 0.741. The summed E-state index contributed by atoms with van der Waals surface area (Å²) in [4.78, 5) is 13.1. The molecule has 0 unspecified atom stereocenters. The van der Waals surface area contributed by atoms with Crippen molar-refractivity contribution < 1.29 is 15.0 Å². The number of carbonyl (C=O) groups excluding carboxylic acids is 1. The maximum atomic E-state index is 11.2. The van der Waals surface area contributed by atoms with E-state index in [2.05, 4.69) is 5.32 Å². The molecule has 3 rings (SSSR count). The number of aromatic hydroxyl groups is 1. The first-order valence-corrected chi connectivity index (χ1v) is 9.00. The Labute approximate surface area is 153 Å². The van der Waals surface area contributed by atoms with Crippen LogP contribution >= 0.6 is 23.2 Å². The second kappa shape index (κ2) is 11.5. The van der Waals surface area contributed by atoms with Crippen molar-refractivity contribution in [3.05, 3.63) is 28.2 Å². The highest BCUT2D eigenvalue weighted by Gasteiger charge is 2.15. The Morgan fingerprint density at radius 2 is 1.83 bits per heavy atom. The Hall–Kier alpha value is -1.01. The molecule has 1 aromatic carbocycles. The monoisotopic (exact) mass is 376 g/mol. The number of phenolic OH excluding ortho intramolecular Hbond substituents is 1. The maximum Gasteiger partial charge on any atom is 0.222 e.